The van der Waals surface area contributed by atoms with Gasteiger partial charge in [-0.2, -0.15) is 5.10 Å². The van der Waals surface area contributed by atoms with Gasteiger partial charge in [0.05, 0.1) is 24.8 Å². The van der Waals surface area contributed by atoms with E-state index in [1.165, 1.54) is 7.11 Å². The monoisotopic (exact) mass is 273 g/mol. The number of esters is 1. The summed E-state index contributed by atoms with van der Waals surface area (Å²) in [5.41, 5.74) is 2.29. The number of methoxy groups -OCH3 is 1. The van der Waals surface area contributed by atoms with E-state index in [9.17, 15) is 4.79 Å². The molecule has 0 unspecified atom stereocenters. The molecule has 0 aliphatic carbocycles. The first kappa shape index (κ1) is 14.1. The van der Waals surface area contributed by atoms with Crippen LogP contribution >= 0.6 is 0 Å². The zero-order valence-electron chi connectivity index (χ0n) is 11.9. The quantitative estimate of drug-likeness (QED) is 0.821. The summed E-state index contributed by atoms with van der Waals surface area (Å²) in [7, 11) is 1.41. The van der Waals surface area contributed by atoms with Gasteiger partial charge in [-0.3, -0.25) is 9.89 Å². The Bertz CT molecular complexity index is 559. The number of carbonyl (C=O) groups is 1. The van der Waals surface area contributed by atoms with Crippen molar-refractivity contribution in [2.24, 2.45) is 0 Å². The summed E-state index contributed by atoms with van der Waals surface area (Å²) in [6.45, 7) is 4.39. The van der Waals surface area contributed by atoms with Crippen molar-refractivity contribution >= 4 is 11.7 Å². The SMILES string of the molecule is COC(=O)C(C)(C)c1ccc(NCc2ccn[nH]2)cc1. The molecule has 0 radical (unpaired) electrons. The van der Waals surface area contributed by atoms with Crippen LogP contribution < -0.4 is 5.32 Å². The van der Waals surface area contributed by atoms with E-state index < -0.39 is 5.41 Å². The van der Waals surface area contributed by atoms with Gasteiger partial charge in [-0.05, 0) is 37.6 Å². The van der Waals surface area contributed by atoms with E-state index in [0.717, 1.165) is 16.9 Å². The minimum Gasteiger partial charge on any atom is -0.468 e. The van der Waals surface area contributed by atoms with Crippen LogP contribution in [0.2, 0.25) is 0 Å². The van der Waals surface area contributed by atoms with Gasteiger partial charge in [0.15, 0.2) is 0 Å². The molecule has 0 amide bonds. The molecule has 0 saturated carbocycles. The number of nitrogens with zero attached hydrogens (tertiary/aromatic N) is 1. The van der Waals surface area contributed by atoms with Crippen LogP contribution in [0.15, 0.2) is 36.5 Å². The zero-order valence-corrected chi connectivity index (χ0v) is 11.9. The Morgan fingerprint density at radius 2 is 2.00 bits per heavy atom. The molecule has 0 atom stereocenters. The molecular weight excluding hydrogens is 254 g/mol. The van der Waals surface area contributed by atoms with E-state index in [0.29, 0.717) is 6.54 Å². The minimum absolute atomic E-state index is 0.240. The first-order chi connectivity index (χ1) is 9.54. The van der Waals surface area contributed by atoms with E-state index in [-0.39, 0.29) is 5.97 Å². The fourth-order valence-corrected chi connectivity index (χ4v) is 1.96. The number of hydrogen-bond acceptors (Lipinski definition) is 4. The van der Waals surface area contributed by atoms with Gasteiger partial charge in [-0.1, -0.05) is 12.1 Å². The maximum absolute atomic E-state index is 11.8. The molecule has 0 saturated heterocycles. The molecular formula is C15H19N3O2. The van der Waals surface area contributed by atoms with E-state index in [4.69, 9.17) is 4.74 Å². The van der Waals surface area contributed by atoms with Crippen molar-refractivity contribution in [1.29, 1.82) is 0 Å². The number of anilines is 1. The molecule has 0 bridgehead atoms. The lowest BCUT2D eigenvalue weighted by Crippen LogP contribution is -2.30. The topological polar surface area (TPSA) is 67.0 Å². The molecule has 0 spiro atoms. The molecule has 1 aromatic heterocycles. The summed E-state index contributed by atoms with van der Waals surface area (Å²) in [5.74, 6) is -0.240. The van der Waals surface area contributed by atoms with Crippen molar-refractivity contribution in [3.8, 4) is 0 Å². The molecule has 0 aliphatic heterocycles. The largest absolute Gasteiger partial charge is 0.468 e. The van der Waals surface area contributed by atoms with Crippen LogP contribution in [0.3, 0.4) is 0 Å². The third kappa shape index (κ3) is 2.99. The molecule has 1 aromatic carbocycles. The van der Waals surface area contributed by atoms with Crippen LogP contribution in [0.25, 0.3) is 0 Å². The van der Waals surface area contributed by atoms with Gasteiger partial charge in [-0.15, -0.1) is 0 Å². The summed E-state index contributed by atoms with van der Waals surface area (Å²) in [6.07, 6.45) is 1.72. The number of aromatic amines is 1. The highest BCUT2D eigenvalue weighted by atomic mass is 16.5. The molecule has 2 aromatic rings. The average Bonchev–Trinajstić information content (AvgIpc) is 2.98. The lowest BCUT2D eigenvalue weighted by atomic mass is 9.85. The third-order valence-electron chi connectivity index (χ3n) is 3.34. The highest BCUT2D eigenvalue weighted by Crippen LogP contribution is 2.25. The Hall–Kier alpha value is -2.30. The molecule has 5 heteroatoms. The van der Waals surface area contributed by atoms with Gasteiger partial charge >= 0.3 is 5.97 Å². The van der Waals surface area contributed by atoms with E-state index >= 15 is 0 Å². The van der Waals surface area contributed by atoms with Gasteiger partial charge in [0, 0.05) is 11.9 Å². The Morgan fingerprint density at radius 1 is 1.30 bits per heavy atom. The lowest BCUT2D eigenvalue weighted by Gasteiger charge is -2.22. The summed E-state index contributed by atoms with van der Waals surface area (Å²) in [6, 6.07) is 9.70. The molecule has 0 fully saturated rings. The van der Waals surface area contributed by atoms with Gasteiger partial charge in [0.1, 0.15) is 0 Å². The van der Waals surface area contributed by atoms with Crippen molar-refractivity contribution in [2.45, 2.75) is 25.8 Å². The van der Waals surface area contributed by atoms with Crippen LogP contribution in [0.5, 0.6) is 0 Å². The number of carbonyl (C=O) groups excluding carboxylic acids is 1. The van der Waals surface area contributed by atoms with Crippen LogP contribution in [0, 0.1) is 0 Å². The Kier molecular flexibility index (Phi) is 4.08. The van der Waals surface area contributed by atoms with Crippen LogP contribution in [-0.2, 0) is 21.5 Å². The number of benzene rings is 1. The Morgan fingerprint density at radius 3 is 2.55 bits per heavy atom. The van der Waals surface area contributed by atoms with Gasteiger partial charge in [-0.25, -0.2) is 0 Å². The van der Waals surface area contributed by atoms with Crippen LogP contribution in [-0.4, -0.2) is 23.3 Å². The first-order valence-corrected chi connectivity index (χ1v) is 6.45. The van der Waals surface area contributed by atoms with E-state index in [1.807, 2.05) is 44.2 Å². The van der Waals surface area contributed by atoms with Crippen molar-refractivity contribution in [3.63, 3.8) is 0 Å². The van der Waals surface area contributed by atoms with Gasteiger partial charge < -0.3 is 10.1 Å². The molecule has 1 heterocycles. The fraction of sp³-hybridized carbons (Fsp3) is 0.333. The van der Waals surface area contributed by atoms with Crippen molar-refractivity contribution in [2.75, 3.05) is 12.4 Å². The Labute approximate surface area is 118 Å². The highest BCUT2D eigenvalue weighted by molar-refractivity contribution is 5.82. The van der Waals surface area contributed by atoms with Crippen molar-refractivity contribution < 1.29 is 9.53 Å². The van der Waals surface area contributed by atoms with Crippen LogP contribution in [0.1, 0.15) is 25.1 Å². The standard InChI is InChI=1S/C15H19N3O2/c1-15(2,14(19)20-3)11-4-6-12(7-5-11)16-10-13-8-9-17-18-13/h4-9,16H,10H2,1-3H3,(H,17,18). The molecule has 5 nitrogen and oxygen atoms in total. The molecule has 0 aliphatic rings. The molecule has 106 valence electrons. The average molecular weight is 273 g/mol. The summed E-state index contributed by atoms with van der Waals surface area (Å²) < 4.78 is 4.83. The normalized spacial score (nSPS) is 11.2. The predicted molar refractivity (Wildman–Crippen MR) is 77.4 cm³/mol. The van der Waals surface area contributed by atoms with E-state index in [1.54, 1.807) is 6.20 Å². The number of H-pyrrole nitrogens is 1. The number of nitrogens with one attached hydrogen (secondary N) is 2. The molecule has 20 heavy (non-hydrogen) atoms. The second kappa shape index (κ2) is 5.77. The number of rotatable bonds is 5. The Balaban J connectivity index is 2.04. The number of ether oxygens (including phenoxy) is 1. The van der Waals surface area contributed by atoms with Crippen LogP contribution in [0.4, 0.5) is 5.69 Å². The second-order valence-electron chi connectivity index (χ2n) is 5.13. The predicted octanol–water partition coefficient (Wildman–Crippen LogP) is 2.47. The summed E-state index contributed by atoms with van der Waals surface area (Å²) in [5, 5.41) is 10.1. The minimum atomic E-state index is -0.642. The smallest absolute Gasteiger partial charge is 0.315 e. The van der Waals surface area contributed by atoms with Gasteiger partial charge in [0.2, 0.25) is 0 Å². The maximum Gasteiger partial charge on any atom is 0.315 e. The highest BCUT2D eigenvalue weighted by Gasteiger charge is 2.30. The zero-order chi connectivity index (χ0) is 14.6. The summed E-state index contributed by atoms with van der Waals surface area (Å²) in [4.78, 5) is 11.8. The number of aromatic nitrogens is 2. The fourth-order valence-electron chi connectivity index (χ4n) is 1.96. The molecule has 2 rings (SSSR count). The maximum atomic E-state index is 11.8. The van der Waals surface area contributed by atoms with E-state index in [2.05, 4.69) is 15.5 Å². The summed E-state index contributed by atoms with van der Waals surface area (Å²) >= 11 is 0. The second-order valence-corrected chi connectivity index (χ2v) is 5.13. The van der Waals surface area contributed by atoms with Gasteiger partial charge in [0.25, 0.3) is 0 Å². The first-order valence-electron chi connectivity index (χ1n) is 6.45. The van der Waals surface area contributed by atoms with Crippen molar-refractivity contribution in [1.82, 2.24) is 10.2 Å². The molecule has 2 N–H and O–H groups in total. The lowest BCUT2D eigenvalue weighted by molar-refractivity contribution is -0.146. The van der Waals surface area contributed by atoms with Crippen molar-refractivity contribution in [3.05, 3.63) is 47.8 Å². The third-order valence-corrected chi connectivity index (χ3v) is 3.34. The number of hydrogen-bond donors (Lipinski definition) is 2.